The summed E-state index contributed by atoms with van der Waals surface area (Å²) in [6, 6.07) is 21.8. The molecule has 3 aromatic carbocycles. The standard InChI is InChI=1S/C22H20BrN2O4S.CH3.Co/c1-28-21-13-12-18(16-22(21)29-2)30(26,27)25(17-8-4-3-5-9-17)15-14-24-20-11-7-6-10-19(20)23;;/h3-8,10-13,16,24H,15H2,1-2H3;1H3;/q2*-1;. The van der Waals surface area contributed by atoms with Crippen molar-refractivity contribution in [1.82, 2.24) is 0 Å². The molecular weight excluding hydrogens is 539 g/mol. The number of ether oxygens (including phenoxy) is 2. The van der Waals surface area contributed by atoms with Gasteiger partial charge in [0.25, 0.3) is 0 Å². The number of para-hydroxylation sites is 2. The first-order valence-electron chi connectivity index (χ1n) is 9.09. The van der Waals surface area contributed by atoms with Gasteiger partial charge in [-0.05, 0) is 0 Å². The number of anilines is 2. The first kappa shape index (κ1) is 25.9. The Balaban J connectivity index is 0.00000363. The number of benzene rings is 3. The Kier molecular flexibility index (Phi) is 9.32. The van der Waals surface area contributed by atoms with E-state index in [9.17, 15) is 8.42 Å². The summed E-state index contributed by atoms with van der Waals surface area (Å²) in [4.78, 5) is 0.0589. The normalized spacial score (nSPS) is 10.6. The van der Waals surface area contributed by atoms with E-state index in [1.807, 2.05) is 24.3 Å². The number of rotatable bonds is 9. The third-order valence-corrected chi connectivity index (χ3v) is 7.06. The van der Waals surface area contributed by atoms with Crippen LogP contribution < -0.4 is 19.1 Å². The molecule has 0 unspecified atom stereocenters. The van der Waals surface area contributed by atoms with E-state index in [-0.39, 0.29) is 18.9 Å². The van der Waals surface area contributed by atoms with Gasteiger partial charge in [-0.2, -0.15) is 0 Å². The van der Waals surface area contributed by atoms with Gasteiger partial charge in [0.2, 0.25) is 0 Å². The second kappa shape index (κ2) is 11.5. The van der Waals surface area contributed by atoms with Crippen LogP contribution in [0.3, 0.4) is 0 Å². The molecule has 0 atom stereocenters. The molecule has 0 aliphatic rings. The van der Waals surface area contributed by atoms with Gasteiger partial charge >= 0.3 is 199 Å². The smallest absolute Gasteiger partial charge is 0.358 e. The van der Waals surface area contributed by atoms with E-state index < -0.39 is 10.0 Å². The largest absolute Gasteiger partial charge is 0.358 e. The van der Waals surface area contributed by atoms with Crippen molar-refractivity contribution in [1.29, 1.82) is 0 Å². The van der Waals surface area contributed by atoms with Crippen LogP contribution in [0.4, 0.5) is 11.4 Å². The molecule has 6 nitrogen and oxygen atoms in total. The fraction of sp³-hybridized carbons (Fsp3) is 0.130. The Morgan fingerprint density at radius 1 is 1.06 bits per heavy atom. The molecule has 0 amide bonds. The maximum absolute atomic E-state index is 13.6. The number of sulfonamides is 1. The van der Waals surface area contributed by atoms with Crippen LogP contribution in [0.5, 0.6) is 11.5 Å². The monoisotopic (exact) mass is 561 g/mol. The third kappa shape index (κ3) is 5.92. The van der Waals surface area contributed by atoms with E-state index in [1.165, 1.54) is 30.7 Å². The van der Waals surface area contributed by atoms with Gasteiger partial charge in [-0.3, -0.25) is 0 Å². The first-order chi connectivity index (χ1) is 14.9. The van der Waals surface area contributed by atoms with Crippen molar-refractivity contribution in [2.24, 2.45) is 0 Å². The summed E-state index contributed by atoms with van der Waals surface area (Å²) in [5.41, 5.74) is 1.16. The van der Waals surface area contributed by atoms with E-state index in [0.717, 1.165) is 10.2 Å². The van der Waals surface area contributed by atoms with Crippen molar-refractivity contribution in [3.05, 3.63) is 84.7 Å². The molecule has 9 heteroatoms. The SMILES string of the molecule is COc1ccc(S(=O)(=O)N(C[C](=[Co])Nc2ccccc2Br)c2[c-]cccc2)cc1OC.[CH3-]. The first-order valence-corrected chi connectivity index (χ1v) is 11.8. The molecule has 0 aliphatic heterocycles. The van der Waals surface area contributed by atoms with Crippen LogP contribution in [0.15, 0.2) is 76.1 Å². The van der Waals surface area contributed by atoms with E-state index in [4.69, 9.17) is 9.47 Å². The van der Waals surface area contributed by atoms with E-state index in [0.29, 0.717) is 21.8 Å². The van der Waals surface area contributed by atoms with Crippen molar-refractivity contribution >= 4 is 41.9 Å². The molecular formula is C23H23BrCoN2O4S-2. The summed E-state index contributed by atoms with van der Waals surface area (Å²) in [6.45, 7) is -0.0292. The minimum absolute atomic E-state index is 0. The zero-order valence-electron chi connectivity index (χ0n) is 17.8. The molecule has 0 spiro atoms. The maximum atomic E-state index is 13.6. The summed E-state index contributed by atoms with van der Waals surface area (Å²) in [6.07, 6.45) is 0. The van der Waals surface area contributed by atoms with Crippen LogP contribution >= 0.6 is 15.9 Å². The number of nitrogens with one attached hydrogen (secondary N) is 1. The van der Waals surface area contributed by atoms with Gasteiger partial charge in [-0.1, -0.05) is 0 Å². The van der Waals surface area contributed by atoms with Crippen molar-refractivity contribution in [3.8, 4) is 11.5 Å². The number of halogens is 1. The Morgan fingerprint density at radius 2 is 1.75 bits per heavy atom. The van der Waals surface area contributed by atoms with Crippen molar-refractivity contribution in [3.63, 3.8) is 0 Å². The molecule has 0 heterocycles. The Hall–Kier alpha value is -2.33. The molecule has 3 rings (SSSR count). The van der Waals surface area contributed by atoms with Gasteiger partial charge in [-0.25, -0.2) is 0 Å². The minimum atomic E-state index is -3.97. The van der Waals surface area contributed by atoms with E-state index in [2.05, 4.69) is 42.6 Å². The second-order valence-electron chi connectivity index (χ2n) is 6.26. The Morgan fingerprint density at radius 3 is 2.38 bits per heavy atom. The minimum Gasteiger partial charge on any atom is -0.358 e. The van der Waals surface area contributed by atoms with Gasteiger partial charge in [-0.15, -0.1) is 0 Å². The van der Waals surface area contributed by atoms with Gasteiger partial charge in [0.05, 0.1) is 0 Å². The van der Waals surface area contributed by atoms with E-state index in [1.54, 1.807) is 30.3 Å². The zero-order chi connectivity index (χ0) is 22.4. The molecule has 0 radical (unpaired) electrons. The fourth-order valence-corrected chi connectivity index (χ4v) is 5.01. The average Bonchev–Trinajstić information content (AvgIpc) is 2.79. The molecule has 0 aromatic heterocycles. The summed E-state index contributed by atoms with van der Waals surface area (Å²) >= 11 is 8.04. The van der Waals surface area contributed by atoms with Crippen LogP contribution in [-0.2, 0) is 25.3 Å². The fourth-order valence-electron chi connectivity index (χ4n) is 2.80. The Bertz CT molecular complexity index is 1170. The Labute approximate surface area is 205 Å². The number of hydrogen-bond donors (Lipinski definition) is 1. The van der Waals surface area contributed by atoms with Crippen LogP contribution in [0.25, 0.3) is 0 Å². The zero-order valence-corrected chi connectivity index (χ0v) is 21.2. The van der Waals surface area contributed by atoms with E-state index >= 15 is 0 Å². The molecule has 3 aromatic rings. The predicted octanol–water partition coefficient (Wildman–Crippen LogP) is 4.70. The average molecular weight is 562 g/mol. The van der Waals surface area contributed by atoms with Crippen LogP contribution in [-0.4, -0.2) is 33.8 Å². The molecule has 1 N–H and O–H groups in total. The topological polar surface area (TPSA) is 67.9 Å². The summed E-state index contributed by atoms with van der Waals surface area (Å²) < 4.78 is 40.2. The molecule has 0 saturated carbocycles. The molecule has 173 valence electrons. The van der Waals surface area contributed by atoms with Crippen LogP contribution in [0.2, 0.25) is 0 Å². The maximum Gasteiger partial charge on any atom is -0.358 e. The summed E-state index contributed by atoms with van der Waals surface area (Å²) in [7, 11) is -1.02. The molecule has 0 aliphatic carbocycles. The number of nitrogens with zero attached hydrogens (tertiary/aromatic N) is 1. The number of methoxy groups -OCH3 is 2. The second-order valence-corrected chi connectivity index (χ2v) is 9.60. The van der Waals surface area contributed by atoms with Gasteiger partial charge in [0.15, 0.2) is 0 Å². The predicted molar refractivity (Wildman–Crippen MR) is 129 cm³/mol. The molecule has 0 bridgehead atoms. The summed E-state index contributed by atoms with van der Waals surface area (Å²) in [5, 5.41) is 3.14. The van der Waals surface area contributed by atoms with Crippen molar-refractivity contribution in [2.75, 3.05) is 30.4 Å². The van der Waals surface area contributed by atoms with Gasteiger partial charge in [0.1, 0.15) is 0 Å². The third-order valence-electron chi connectivity index (χ3n) is 4.32. The molecule has 32 heavy (non-hydrogen) atoms. The van der Waals surface area contributed by atoms with Gasteiger partial charge in [0, 0.05) is 0 Å². The van der Waals surface area contributed by atoms with Crippen LogP contribution in [0, 0.1) is 13.5 Å². The molecule has 0 fully saturated rings. The van der Waals surface area contributed by atoms with Crippen LogP contribution in [0.1, 0.15) is 0 Å². The van der Waals surface area contributed by atoms with Crippen molar-refractivity contribution in [2.45, 2.75) is 4.90 Å². The van der Waals surface area contributed by atoms with Gasteiger partial charge < -0.3 is 7.43 Å². The number of hydrogen-bond acceptors (Lipinski definition) is 5. The summed E-state index contributed by atoms with van der Waals surface area (Å²) in [5.74, 6) is 0.762. The molecule has 0 saturated heterocycles. The van der Waals surface area contributed by atoms with Crippen molar-refractivity contribution < 1.29 is 33.2 Å². The quantitative estimate of drug-likeness (QED) is 0.383.